The van der Waals surface area contributed by atoms with Gasteiger partial charge in [0, 0.05) is 17.8 Å². The number of nitrogens with zero attached hydrogens (tertiary/aromatic N) is 3. The Morgan fingerprint density at radius 1 is 0.795 bits per heavy atom. The molecule has 0 saturated heterocycles. The van der Waals surface area contributed by atoms with Crippen molar-refractivity contribution in [3.63, 3.8) is 0 Å². The highest BCUT2D eigenvalue weighted by molar-refractivity contribution is 7.93. The first kappa shape index (κ1) is 27.7. The molecule has 4 aromatic rings. The van der Waals surface area contributed by atoms with Crippen molar-refractivity contribution < 1.29 is 36.2 Å². The van der Waals surface area contributed by atoms with Gasteiger partial charge < -0.3 is 14.6 Å². The number of benzene rings is 3. The Labute approximate surface area is 225 Å². The van der Waals surface area contributed by atoms with E-state index in [0.29, 0.717) is 21.2 Å². The van der Waals surface area contributed by atoms with E-state index in [1.807, 2.05) is 0 Å². The van der Waals surface area contributed by atoms with Crippen molar-refractivity contribution in [2.45, 2.75) is 9.79 Å². The number of carboxylic acids is 1. The smallest absolute Gasteiger partial charge is 0.324 e. The number of carbonyl (C=O) groups is 1. The van der Waals surface area contributed by atoms with Crippen LogP contribution in [0.2, 0.25) is 0 Å². The first-order valence-electron chi connectivity index (χ1n) is 11.4. The van der Waals surface area contributed by atoms with E-state index in [0.717, 1.165) is 4.31 Å². The zero-order chi connectivity index (χ0) is 28.4. The van der Waals surface area contributed by atoms with Crippen molar-refractivity contribution >= 4 is 48.3 Å². The first-order valence-corrected chi connectivity index (χ1v) is 14.3. The molecule has 0 aliphatic heterocycles. The van der Waals surface area contributed by atoms with E-state index >= 15 is 0 Å². The third-order valence-corrected chi connectivity index (χ3v) is 9.51. The van der Waals surface area contributed by atoms with Crippen LogP contribution in [0.4, 0.5) is 11.5 Å². The molecule has 1 aromatic heterocycles. The number of pyridine rings is 1. The average Bonchev–Trinajstić information content (AvgIpc) is 2.95. The Kier molecular flexibility index (Phi) is 7.65. The van der Waals surface area contributed by atoms with E-state index in [1.54, 1.807) is 24.3 Å². The Morgan fingerprint density at radius 3 is 1.77 bits per heavy atom. The van der Waals surface area contributed by atoms with Gasteiger partial charge in [-0.05, 0) is 48.5 Å². The minimum absolute atomic E-state index is 0.00791. The lowest BCUT2D eigenvalue weighted by molar-refractivity contribution is -0.135. The van der Waals surface area contributed by atoms with Crippen molar-refractivity contribution in [1.82, 2.24) is 4.98 Å². The third kappa shape index (κ3) is 5.31. The molecular weight excluding hydrogens is 546 g/mol. The molecule has 0 fully saturated rings. The van der Waals surface area contributed by atoms with Crippen molar-refractivity contribution in [2.75, 3.05) is 36.4 Å². The number of methoxy groups -OCH3 is 2. The van der Waals surface area contributed by atoms with E-state index in [2.05, 4.69) is 4.98 Å². The fraction of sp³-hybridized carbons (Fsp3) is 0.154. The summed E-state index contributed by atoms with van der Waals surface area (Å²) >= 11 is 0. The van der Waals surface area contributed by atoms with Gasteiger partial charge in [-0.3, -0.25) is 9.10 Å². The average molecular weight is 572 g/mol. The van der Waals surface area contributed by atoms with Gasteiger partial charge >= 0.3 is 5.97 Å². The van der Waals surface area contributed by atoms with Gasteiger partial charge in [-0.25, -0.2) is 26.1 Å². The topological polar surface area (TPSA) is 143 Å². The summed E-state index contributed by atoms with van der Waals surface area (Å²) in [6.07, 6.45) is 1.21. The molecule has 13 heteroatoms. The van der Waals surface area contributed by atoms with Gasteiger partial charge in [-0.1, -0.05) is 24.3 Å². The van der Waals surface area contributed by atoms with Crippen LogP contribution in [-0.2, 0) is 24.8 Å². The highest BCUT2D eigenvalue weighted by atomic mass is 32.2. The molecule has 204 valence electrons. The standard InChI is InChI=1S/C26H25N3O8S2/c1-28(38(32,33)20-12-8-18(36-2)9-13-20)24-16-27-26(23-7-5-4-6-22(23)24)29(17-25(30)31)39(34,35)21-14-10-19(37-3)11-15-21/h4-16H,17H2,1-3H3,(H,30,31). The number of sulfonamides is 2. The maximum atomic E-state index is 13.6. The van der Waals surface area contributed by atoms with Gasteiger partial charge in [0.1, 0.15) is 18.0 Å². The van der Waals surface area contributed by atoms with Gasteiger partial charge in [0.05, 0.1) is 35.9 Å². The Morgan fingerprint density at radius 2 is 1.28 bits per heavy atom. The van der Waals surface area contributed by atoms with Gasteiger partial charge in [-0.15, -0.1) is 0 Å². The number of ether oxygens (including phenoxy) is 2. The second-order valence-electron chi connectivity index (χ2n) is 8.24. The van der Waals surface area contributed by atoms with Crippen LogP contribution < -0.4 is 18.1 Å². The van der Waals surface area contributed by atoms with Gasteiger partial charge in [0.25, 0.3) is 20.0 Å². The highest BCUT2D eigenvalue weighted by Gasteiger charge is 2.31. The first-order chi connectivity index (χ1) is 18.5. The maximum Gasteiger partial charge on any atom is 0.324 e. The summed E-state index contributed by atoms with van der Waals surface area (Å²) in [4.78, 5) is 15.9. The number of aromatic nitrogens is 1. The monoisotopic (exact) mass is 571 g/mol. The molecule has 0 bridgehead atoms. The minimum atomic E-state index is -4.39. The van der Waals surface area contributed by atoms with Crippen molar-refractivity contribution in [1.29, 1.82) is 0 Å². The van der Waals surface area contributed by atoms with Crippen LogP contribution in [0.3, 0.4) is 0 Å². The number of hydrogen-bond donors (Lipinski definition) is 1. The number of anilines is 2. The summed E-state index contributed by atoms with van der Waals surface area (Å²) in [5.41, 5.74) is 0.169. The van der Waals surface area contributed by atoms with Gasteiger partial charge in [-0.2, -0.15) is 0 Å². The molecule has 0 amide bonds. The molecule has 0 aliphatic rings. The zero-order valence-electron chi connectivity index (χ0n) is 21.2. The van der Waals surface area contributed by atoms with Crippen LogP contribution in [0.1, 0.15) is 0 Å². The molecule has 1 heterocycles. The predicted molar refractivity (Wildman–Crippen MR) is 145 cm³/mol. The fourth-order valence-corrected chi connectivity index (χ4v) is 6.51. The number of rotatable bonds is 10. The van der Waals surface area contributed by atoms with Crippen LogP contribution in [-0.4, -0.2) is 60.7 Å². The molecule has 39 heavy (non-hydrogen) atoms. The fourth-order valence-electron chi connectivity index (χ4n) is 3.92. The molecule has 3 aromatic carbocycles. The van der Waals surface area contributed by atoms with Crippen LogP contribution in [0.5, 0.6) is 11.5 Å². The summed E-state index contributed by atoms with van der Waals surface area (Å²) in [6, 6.07) is 17.8. The largest absolute Gasteiger partial charge is 0.497 e. The van der Waals surface area contributed by atoms with Crippen LogP contribution >= 0.6 is 0 Å². The molecule has 0 atom stereocenters. The Balaban J connectivity index is 1.85. The van der Waals surface area contributed by atoms with Crippen molar-refractivity contribution in [3.05, 3.63) is 79.0 Å². The van der Waals surface area contributed by atoms with Crippen LogP contribution in [0.15, 0.2) is 88.8 Å². The normalized spacial score (nSPS) is 11.7. The van der Waals surface area contributed by atoms with Crippen molar-refractivity contribution in [3.8, 4) is 11.5 Å². The maximum absolute atomic E-state index is 13.6. The minimum Gasteiger partial charge on any atom is -0.497 e. The summed E-state index contributed by atoms with van der Waals surface area (Å²) in [5.74, 6) is -0.651. The number of carboxylic acid groups (broad SMARTS) is 1. The van der Waals surface area contributed by atoms with Crippen LogP contribution in [0.25, 0.3) is 10.8 Å². The molecule has 0 aliphatic carbocycles. The van der Waals surface area contributed by atoms with Gasteiger partial charge in [0.2, 0.25) is 0 Å². The Bertz CT molecular complexity index is 1720. The molecule has 0 unspecified atom stereocenters. The van der Waals surface area contributed by atoms with E-state index < -0.39 is 32.6 Å². The molecular formula is C26H25N3O8S2. The summed E-state index contributed by atoms with van der Waals surface area (Å²) in [6.45, 7) is -0.912. The molecule has 0 saturated carbocycles. The number of fused-ring (bicyclic) bond motifs is 1. The lowest BCUT2D eigenvalue weighted by Crippen LogP contribution is -2.36. The second kappa shape index (κ2) is 10.8. The lowest BCUT2D eigenvalue weighted by atomic mass is 10.1. The van der Waals surface area contributed by atoms with Gasteiger partial charge in [0.15, 0.2) is 5.82 Å². The predicted octanol–water partition coefficient (Wildman–Crippen LogP) is 3.36. The summed E-state index contributed by atoms with van der Waals surface area (Å²) in [5, 5.41) is 10.2. The molecule has 1 N–H and O–H groups in total. The van der Waals surface area contributed by atoms with Crippen molar-refractivity contribution in [2.24, 2.45) is 0 Å². The quantitative estimate of drug-likeness (QED) is 0.303. The number of aliphatic carboxylic acids is 1. The van der Waals surface area contributed by atoms with E-state index in [9.17, 15) is 26.7 Å². The molecule has 0 spiro atoms. The summed E-state index contributed by atoms with van der Waals surface area (Å²) in [7, 11) is -4.17. The lowest BCUT2D eigenvalue weighted by Gasteiger charge is -2.26. The molecule has 4 rings (SSSR count). The zero-order valence-corrected chi connectivity index (χ0v) is 22.8. The number of hydrogen-bond acceptors (Lipinski definition) is 8. The third-order valence-electron chi connectivity index (χ3n) is 5.97. The van der Waals surface area contributed by atoms with E-state index in [4.69, 9.17) is 9.47 Å². The molecule has 0 radical (unpaired) electrons. The van der Waals surface area contributed by atoms with Crippen LogP contribution in [0, 0.1) is 0 Å². The Hall–Kier alpha value is -4.36. The van der Waals surface area contributed by atoms with E-state index in [1.165, 1.54) is 76.0 Å². The summed E-state index contributed by atoms with van der Waals surface area (Å²) < 4.78 is 65.9. The SMILES string of the molecule is COc1ccc(S(=O)(=O)N(C)c2cnc(N(CC(=O)O)S(=O)(=O)c3ccc(OC)cc3)c3ccccc23)cc1. The highest BCUT2D eigenvalue weighted by Crippen LogP contribution is 2.36. The van der Waals surface area contributed by atoms with E-state index in [-0.39, 0.29) is 26.7 Å². The molecule has 11 nitrogen and oxygen atoms in total. The second-order valence-corrected chi connectivity index (χ2v) is 12.1.